The molecule has 132 valence electrons. The van der Waals surface area contributed by atoms with Gasteiger partial charge in [-0.2, -0.15) is 0 Å². The number of carbonyl (C=O) groups is 1. The number of nitrogens with one attached hydrogen (secondary N) is 1. The maximum absolute atomic E-state index is 13.3. The molecule has 1 N–H and O–H groups in total. The van der Waals surface area contributed by atoms with Gasteiger partial charge in [-0.1, -0.05) is 30.3 Å². The number of piperidine rings is 1. The molecular weight excluding hydrogens is 312 g/mol. The fourth-order valence-corrected chi connectivity index (χ4v) is 3.40. The molecule has 0 radical (unpaired) electrons. The molecule has 1 aliphatic heterocycles. The third-order valence-corrected chi connectivity index (χ3v) is 4.81. The average molecular weight is 338 g/mol. The van der Waals surface area contributed by atoms with E-state index in [4.69, 9.17) is 4.74 Å². The Balaban J connectivity index is 1.86. The third kappa shape index (κ3) is 4.40. The Morgan fingerprint density at radius 3 is 2.52 bits per heavy atom. The maximum Gasteiger partial charge on any atom is 0.230 e. The first-order chi connectivity index (χ1) is 12.2. The number of ether oxygens (including phenoxy) is 1. The molecule has 4 nitrogen and oxygen atoms in total. The van der Waals surface area contributed by atoms with Gasteiger partial charge >= 0.3 is 0 Å². The number of amides is 1. The topological polar surface area (TPSA) is 41.6 Å². The lowest BCUT2D eigenvalue weighted by Gasteiger charge is -2.32. The molecule has 0 spiro atoms. The minimum absolute atomic E-state index is 0.0714. The van der Waals surface area contributed by atoms with E-state index < -0.39 is 0 Å². The van der Waals surface area contributed by atoms with Crippen LogP contribution < -0.4 is 15.0 Å². The average Bonchev–Trinajstić information content (AvgIpc) is 2.66. The number of hydrogen-bond acceptors (Lipinski definition) is 3. The Kier molecular flexibility index (Phi) is 5.71. The van der Waals surface area contributed by atoms with Crippen LogP contribution in [0.5, 0.6) is 5.75 Å². The summed E-state index contributed by atoms with van der Waals surface area (Å²) in [6.07, 6.45) is 1.78. The van der Waals surface area contributed by atoms with Crippen LogP contribution in [0.15, 0.2) is 54.6 Å². The predicted octanol–water partition coefficient (Wildman–Crippen LogP) is 3.62. The first kappa shape index (κ1) is 17.5. The van der Waals surface area contributed by atoms with Crippen LogP contribution in [0, 0.1) is 5.92 Å². The lowest BCUT2D eigenvalue weighted by atomic mass is 9.91. The van der Waals surface area contributed by atoms with Crippen molar-refractivity contribution in [3.05, 3.63) is 60.2 Å². The SMILES string of the molecule is COc1ccc(N(Cc2ccccc2)C(=O)[C@H]2CCN[C@@H](C)C2)cc1. The van der Waals surface area contributed by atoms with Gasteiger partial charge in [-0.05, 0) is 56.1 Å². The van der Waals surface area contributed by atoms with Gasteiger partial charge in [-0.3, -0.25) is 4.79 Å². The zero-order valence-electron chi connectivity index (χ0n) is 14.9. The van der Waals surface area contributed by atoms with Crippen molar-refractivity contribution in [2.75, 3.05) is 18.6 Å². The first-order valence-electron chi connectivity index (χ1n) is 8.90. The van der Waals surface area contributed by atoms with E-state index >= 15 is 0 Å². The first-order valence-corrected chi connectivity index (χ1v) is 8.90. The smallest absolute Gasteiger partial charge is 0.230 e. The van der Waals surface area contributed by atoms with Gasteiger partial charge in [0.2, 0.25) is 5.91 Å². The zero-order chi connectivity index (χ0) is 17.6. The largest absolute Gasteiger partial charge is 0.497 e. The van der Waals surface area contributed by atoms with Gasteiger partial charge in [0.05, 0.1) is 13.7 Å². The molecule has 2 aromatic rings. The van der Waals surface area contributed by atoms with Crippen molar-refractivity contribution >= 4 is 11.6 Å². The van der Waals surface area contributed by atoms with Gasteiger partial charge in [0.15, 0.2) is 0 Å². The van der Waals surface area contributed by atoms with Gasteiger partial charge < -0.3 is 15.0 Å². The van der Waals surface area contributed by atoms with Crippen molar-refractivity contribution in [2.45, 2.75) is 32.4 Å². The molecule has 2 aromatic carbocycles. The van der Waals surface area contributed by atoms with Gasteiger partial charge in [-0.25, -0.2) is 0 Å². The number of rotatable bonds is 5. The summed E-state index contributed by atoms with van der Waals surface area (Å²) in [4.78, 5) is 15.2. The summed E-state index contributed by atoms with van der Waals surface area (Å²) in [6.45, 7) is 3.64. The second-order valence-corrected chi connectivity index (χ2v) is 6.68. The number of hydrogen-bond donors (Lipinski definition) is 1. The molecule has 0 aromatic heterocycles. The second kappa shape index (κ2) is 8.17. The Hall–Kier alpha value is -2.33. The molecule has 0 saturated carbocycles. The predicted molar refractivity (Wildman–Crippen MR) is 101 cm³/mol. The summed E-state index contributed by atoms with van der Waals surface area (Å²) < 4.78 is 5.25. The van der Waals surface area contributed by atoms with E-state index in [1.165, 1.54) is 0 Å². The lowest BCUT2D eigenvalue weighted by Crippen LogP contribution is -2.44. The van der Waals surface area contributed by atoms with Gasteiger partial charge in [0, 0.05) is 17.6 Å². The zero-order valence-corrected chi connectivity index (χ0v) is 14.9. The van der Waals surface area contributed by atoms with E-state index in [2.05, 4.69) is 24.4 Å². The molecule has 1 aliphatic rings. The highest BCUT2D eigenvalue weighted by Gasteiger charge is 2.29. The third-order valence-electron chi connectivity index (χ3n) is 4.81. The van der Waals surface area contributed by atoms with Crippen molar-refractivity contribution in [2.24, 2.45) is 5.92 Å². The van der Waals surface area contributed by atoms with Crippen molar-refractivity contribution in [1.29, 1.82) is 0 Å². The molecule has 1 amide bonds. The Morgan fingerprint density at radius 2 is 1.88 bits per heavy atom. The van der Waals surface area contributed by atoms with Crippen LogP contribution in [0.25, 0.3) is 0 Å². The number of methoxy groups -OCH3 is 1. The highest BCUT2D eigenvalue weighted by atomic mass is 16.5. The fourth-order valence-electron chi connectivity index (χ4n) is 3.40. The number of benzene rings is 2. The summed E-state index contributed by atoms with van der Waals surface area (Å²) in [5, 5.41) is 3.42. The quantitative estimate of drug-likeness (QED) is 0.905. The molecule has 3 rings (SSSR count). The van der Waals surface area contributed by atoms with Crippen molar-refractivity contribution in [3.8, 4) is 5.75 Å². The van der Waals surface area contributed by atoms with Crippen LogP contribution in [0.1, 0.15) is 25.3 Å². The van der Waals surface area contributed by atoms with Gasteiger partial charge in [0.1, 0.15) is 5.75 Å². The number of anilines is 1. The summed E-state index contributed by atoms with van der Waals surface area (Å²) in [5.74, 6) is 1.08. The molecular formula is C21H26N2O2. The summed E-state index contributed by atoms with van der Waals surface area (Å²) >= 11 is 0. The van der Waals surface area contributed by atoms with Crippen LogP contribution in [0.3, 0.4) is 0 Å². The van der Waals surface area contributed by atoms with E-state index in [0.717, 1.165) is 36.4 Å². The van der Waals surface area contributed by atoms with Crippen molar-refractivity contribution in [1.82, 2.24) is 5.32 Å². The van der Waals surface area contributed by atoms with E-state index in [1.54, 1.807) is 7.11 Å². The number of nitrogens with zero attached hydrogens (tertiary/aromatic N) is 1. The van der Waals surface area contributed by atoms with Crippen LogP contribution in [0.4, 0.5) is 5.69 Å². The summed E-state index contributed by atoms with van der Waals surface area (Å²) in [5.41, 5.74) is 2.05. The van der Waals surface area contributed by atoms with Crippen LogP contribution in [-0.2, 0) is 11.3 Å². The van der Waals surface area contributed by atoms with Crippen LogP contribution in [-0.4, -0.2) is 25.6 Å². The molecule has 2 atom stereocenters. The van der Waals surface area contributed by atoms with Crippen LogP contribution >= 0.6 is 0 Å². The monoisotopic (exact) mass is 338 g/mol. The second-order valence-electron chi connectivity index (χ2n) is 6.68. The fraction of sp³-hybridized carbons (Fsp3) is 0.381. The molecule has 25 heavy (non-hydrogen) atoms. The standard InChI is InChI=1S/C21H26N2O2/c1-16-14-18(12-13-22-16)21(24)23(15-17-6-4-3-5-7-17)19-8-10-20(25-2)11-9-19/h3-11,16,18,22H,12-15H2,1-2H3/t16-,18-/m0/s1. The van der Waals surface area contributed by atoms with E-state index in [0.29, 0.717) is 12.6 Å². The summed E-state index contributed by atoms with van der Waals surface area (Å²) in [6, 6.07) is 18.3. The highest BCUT2D eigenvalue weighted by Crippen LogP contribution is 2.26. The van der Waals surface area contributed by atoms with Crippen molar-refractivity contribution < 1.29 is 9.53 Å². The normalized spacial score (nSPS) is 20.1. The minimum atomic E-state index is 0.0714. The molecule has 4 heteroatoms. The van der Waals surface area contributed by atoms with Gasteiger partial charge in [-0.15, -0.1) is 0 Å². The van der Waals surface area contributed by atoms with E-state index in [-0.39, 0.29) is 11.8 Å². The Morgan fingerprint density at radius 1 is 1.16 bits per heavy atom. The molecule has 1 saturated heterocycles. The van der Waals surface area contributed by atoms with Crippen LogP contribution in [0.2, 0.25) is 0 Å². The molecule has 0 aliphatic carbocycles. The Labute approximate surface area is 149 Å². The minimum Gasteiger partial charge on any atom is -0.497 e. The van der Waals surface area contributed by atoms with Crippen molar-refractivity contribution in [3.63, 3.8) is 0 Å². The summed E-state index contributed by atoms with van der Waals surface area (Å²) in [7, 11) is 1.65. The van der Waals surface area contributed by atoms with E-state index in [9.17, 15) is 4.79 Å². The molecule has 1 fully saturated rings. The highest BCUT2D eigenvalue weighted by molar-refractivity contribution is 5.95. The molecule has 1 heterocycles. The maximum atomic E-state index is 13.3. The van der Waals surface area contributed by atoms with E-state index in [1.807, 2.05) is 47.4 Å². The molecule has 0 unspecified atom stereocenters. The Bertz CT molecular complexity index is 685. The molecule has 0 bridgehead atoms. The van der Waals surface area contributed by atoms with Gasteiger partial charge in [0.25, 0.3) is 0 Å². The lowest BCUT2D eigenvalue weighted by molar-refractivity contribution is -0.123. The number of carbonyl (C=O) groups excluding carboxylic acids is 1.